The zero-order valence-electron chi connectivity index (χ0n) is 21.6. The second kappa shape index (κ2) is 14.0. The maximum atomic E-state index is 14.0. The van der Waals surface area contributed by atoms with Crippen LogP contribution in [0.4, 0.5) is 5.69 Å². The van der Waals surface area contributed by atoms with E-state index in [-0.39, 0.29) is 29.6 Å². The Morgan fingerprint density at radius 3 is 2.21 bits per heavy atom. The molecule has 1 N–H and O–H groups in total. The summed E-state index contributed by atoms with van der Waals surface area (Å²) in [5.41, 5.74) is 1.55. The standard InChI is InChI=1S/C28H30Cl3N3O4S/c1-3-15-32-28(36)26(16-20-9-5-4-6-10-20)33(18-21-13-14-22(29)17-24(21)31)27(35)19-34(39(2,37)38)25-12-8-7-11-23(25)30/h4-14,17,26H,3,15-16,18-19H2,1-2H3,(H,32,36)/t26-/m0/s1. The highest BCUT2D eigenvalue weighted by Crippen LogP contribution is 2.28. The van der Waals surface area contributed by atoms with Gasteiger partial charge in [-0.2, -0.15) is 0 Å². The fourth-order valence-corrected chi connectivity index (χ4v) is 5.62. The molecule has 3 aromatic carbocycles. The first-order valence-electron chi connectivity index (χ1n) is 12.3. The summed E-state index contributed by atoms with van der Waals surface area (Å²) >= 11 is 18.8. The number of rotatable bonds is 12. The van der Waals surface area contributed by atoms with Crippen molar-refractivity contribution in [2.45, 2.75) is 32.4 Å². The molecule has 0 aromatic heterocycles. The zero-order chi connectivity index (χ0) is 28.6. The predicted molar refractivity (Wildman–Crippen MR) is 158 cm³/mol. The molecular weight excluding hydrogens is 581 g/mol. The maximum absolute atomic E-state index is 14.0. The lowest BCUT2D eigenvalue weighted by Crippen LogP contribution is -2.53. The van der Waals surface area contributed by atoms with E-state index in [1.807, 2.05) is 37.3 Å². The molecule has 0 unspecified atom stereocenters. The van der Waals surface area contributed by atoms with Crippen molar-refractivity contribution in [3.63, 3.8) is 0 Å². The van der Waals surface area contributed by atoms with Gasteiger partial charge in [0.2, 0.25) is 21.8 Å². The highest BCUT2D eigenvalue weighted by molar-refractivity contribution is 7.92. The summed E-state index contributed by atoms with van der Waals surface area (Å²) in [6, 6.07) is 19.6. The summed E-state index contributed by atoms with van der Waals surface area (Å²) in [6.07, 6.45) is 1.91. The SMILES string of the molecule is CCCNC(=O)[C@H](Cc1ccccc1)N(Cc1ccc(Cl)cc1Cl)C(=O)CN(c1ccccc1Cl)S(C)(=O)=O. The minimum absolute atomic E-state index is 0.0496. The Balaban J connectivity index is 2.08. The Kier molecular flexibility index (Phi) is 11.1. The summed E-state index contributed by atoms with van der Waals surface area (Å²) in [5, 5.41) is 3.79. The van der Waals surface area contributed by atoms with E-state index in [1.165, 1.54) is 11.0 Å². The summed E-state index contributed by atoms with van der Waals surface area (Å²) in [4.78, 5) is 28.8. The number of carbonyl (C=O) groups excluding carboxylic acids is 2. The Morgan fingerprint density at radius 2 is 1.59 bits per heavy atom. The summed E-state index contributed by atoms with van der Waals surface area (Å²) in [6.45, 7) is 1.73. The lowest BCUT2D eigenvalue weighted by Gasteiger charge is -2.33. The van der Waals surface area contributed by atoms with Crippen LogP contribution in [0.25, 0.3) is 0 Å². The normalized spacial score (nSPS) is 12.0. The Labute approximate surface area is 244 Å². The number of amides is 2. The lowest BCUT2D eigenvalue weighted by atomic mass is 10.0. The molecule has 1 atom stereocenters. The third kappa shape index (κ3) is 8.60. The van der Waals surface area contributed by atoms with Crippen molar-refractivity contribution in [2.75, 3.05) is 23.7 Å². The Morgan fingerprint density at radius 1 is 0.923 bits per heavy atom. The van der Waals surface area contributed by atoms with E-state index in [9.17, 15) is 18.0 Å². The van der Waals surface area contributed by atoms with Crippen molar-refractivity contribution in [3.05, 3.63) is 99.0 Å². The van der Waals surface area contributed by atoms with Gasteiger partial charge in [0.25, 0.3) is 0 Å². The van der Waals surface area contributed by atoms with Gasteiger partial charge in [-0.05, 0) is 41.8 Å². The molecule has 39 heavy (non-hydrogen) atoms. The van der Waals surface area contributed by atoms with Crippen molar-refractivity contribution >= 4 is 62.3 Å². The predicted octanol–water partition coefficient (Wildman–Crippen LogP) is 5.58. The molecule has 3 rings (SSSR count). The largest absolute Gasteiger partial charge is 0.354 e. The lowest BCUT2D eigenvalue weighted by molar-refractivity contribution is -0.140. The molecule has 0 aliphatic carbocycles. The molecule has 0 aliphatic heterocycles. The number of nitrogens with zero attached hydrogens (tertiary/aromatic N) is 2. The van der Waals surface area contributed by atoms with Gasteiger partial charge in [-0.1, -0.05) is 90.3 Å². The highest BCUT2D eigenvalue weighted by atomic mass is 35.5. The quantitative estimate of drug-likeness (QED) is 0.290. The topological polar surface area (TPSA) is 86.8 Å². The first-order chi connectivity index (χ1) is 18.5. The van der Waals surface area contributed by atoms with Gasteiger partial charge in [0.05, 0.1) is 17.0 Å². The molecular formula is C28H30Cl3N3O4S. The summed E-state index contributed by atoms with van der Waals surface area (Å²) in [7, 11) is -3.92. The van der Waals surface area contributed by atoms with Crippen molar-refractivity contribution in [3.8, 4) is 0 Å². The number of carbonyl (C=O) groups is 2. The van der Waals surface area contributed by atoms with Crippen LogP contribution in [0.2, 0.25) is 15.1 Å². The third-order valence-corrected chi connectivity index (χ3v) is 8.01. The second-order valence-corrected chi connectivity index (χ2v) is 12.1. The minimum Gasteiger partial charge on any atom is -0.354 e. The van der Waals surface area contributed by atoms with E-state index in [1.54, 1.807) is 36.4 Å². The van der Waals surface area contributed by atoms with Crippen molar-refractivity contribution in [1.29, 1.82) is 0 Å². The van der Waals surface area contributed by atoms with Crippen LogP contribution < -0.4 is 9.62 Å². The molecule has 0 spiro atoms. The molecule has 2 amide bonds. The van der Waals surface area contributed by atoms with Gasteiger partial charge in [-0.3, -0.25) is 13.9 Å². The van der Waals surface area contributed by atoms with E-state index in [0.717, 1.165) is 16.1 Å². The van der Waals surface area contributed by atoms with Crippen LogP contribution in [0.3, 0.4) is 0 Å². The van der Waals surface area contributed by atoms with Crippen molar-refractivity contribution in [1.82, 2.24) is 10.2 Å². The zero-order valence-corrected chi connectivity index (χ0v) is 24.7. The fourth-order valence-electron chi connectivity index (χ4n) is 4.00. The van der Waals surface area contributed by atoms with Crippen LogP contribution in [0, 0.1) is 0 Å². The molecule has 11 heteroatoms. The molecule has 0 heterocycles. The van der Waals surface area contributed by atoms with Gasteiger partial charge < -0.3 is 10.2 Å². The number of benzene rings is 3. The number of nitrogens with one attached hydrogen (secondary N) is 1. The fraction of sp³-hybridized carbons (Fsp3) is 0.286. The van der Waals surface area contributed by atoms with Gasteiger partial charge in [0.15, 0.2) is 0 Å². The summed E-state index contributed by atoms with van der Waals surface area (Å²) < 4.78 is 26.6. The van der Waals surface area contributed by atoms with Gasteiger partial charge >= 0.3 is 0 Å². The Hall–Kier alpha value is -2.78. The number of para-hydroxylation sites is 1. The molecule has 0 radical (unpaired) electrons. The van der Waals surface area contributed by atoms with E-state index in [2.05, 4.69) is 5.32 Å². The second-order valence-electron chi connectivity index (χ2n) is 8.97. The molecule has 0 saturated heterocycles. The van der Waals surface area contributed by atoms with Crippen LogP contribution in [-0.2, 0) is 32.6 Å². The highest BCUT2D eigenvalue weighted by Gasteiger charge is 2.33. The molecule has 7 nitrogen and oxygen atoms in total. The van der Waals surface area contributed by atoms with Gasteiger partial charge in [-0.15, -0.1) is 0 Å². The molecule has 0 aliphatic rings. The van der Waals surface area contributed by atoms with Crippen molar-refractivity contribution in [2.24, 2.45) is 0 Å². The van der Waals surface area contributed by atoms with Crippen LogP contribution in [-0.4, -0.2) is 50.5 Å². The summed E-state index contributed by atoms with van der Waals surface area (Å²) in [5.74, 6) is -0.957. The Bertz CT molecular complexity index is 1400. The monoisotopic (exact) mass is 609 g/mol. The van der Waals surface area contributed by atoms with E-state index < -0.39 is 28.5 Å². The van der Waals surface area contributed by atoms with Crippen LogP contribution >= 0.6 is 34.8 Å². The molecule has 208 valence electrons. The smallest absolute Gasteiger partial charge is 0.244 e. The maximum Gasteiger partial charge on any atom is 0.244 e. The molecule has 3 aromatic rings. The number of halogens is 3. The first-order valence-corrected chi connectivity index (χ1v) is 15.3. The first kappa shape index (κ1) is 30.8. The number of anilines is 1. The average molecular weight is 611 g/mol. The number of hydrogen-bond donors (Lipinski definition) is 1. The van der Waals surface area contributed by atoms with E-state index in [4.69, 9.17) is 34.8 Å². The van der Waals surface area contributed by atoms with Gasteiger partial charge in [0, 0.05) is 29.6 Å². The van der Waals surface area contributed by atoms with Gasteiger partial charge in [-0.25, -0.2) is 8.42 Å². The molecule has 0 bridgehead atoms. The molecule has 0 saturated carbocycles. The third-order valence-electron chi connectivity index (χ3n) is 5.98. The van der Waals surface area contributed by atoms with Crippen molar-refractivity contribution < 1.29 is 18.0 Å². The van der Waals surface area contributed by atoms with Crippen LogP contribution in [0.15, 0.2) is 72.8 Å². The average Bonchev–Trinajstić information content (AvgIpc) is 2.89. The minimum atomic E-state index is -3.92. The van der Waals surface area contributed by atoms with Crippen LogP contribution in [0.1, 0.15) is 24.5 Å². The van der Waals surface area contributed by atoms with E-state index in [0.29, 0.717) is 28.6 Å². The number of hydrogen-bond acceptors (Lipinski definition) is 4. The molecule has 0 fully saturated rings. The number of sulfonamides is 1. The van der Waals surface area contributed by atoms with E-state index >= 15 is 0 Å². The van der Waals surface area contributed by atoms with Gasteiger partial charge in [0.1, 0.15) is 12.6 Å². The van der Waals surface area contributed by atoms with Crippen LogP contribution in [0.5, 0.6) is 0 Å².